The van der Waals surface area contributed by atoms with E-state index in [-0.39, 0.29) is 0 Å². The highest BCUT2D eigenvalue weighted by Gasteiger charge is 2.10. The molecule has 0 aliphatic rings. The summed E-state index contributed by atoms with van der Waals surface area (Å²) in [7, 11) is 0. The van der Waals surface area contributed by atoms with Crippen LogP contribution < -0.4 is 0 Å². The van der Waals surface area contributed by atoms with Crippen molar-refractivity contribution in [2.24, 2.45) is 5.92 Å². The Morgan fingerprint density at radius 3 is 2.76 bits per heavy atom. The molecule has 0 amide bonds. The van der Waals surface area contributed by atoms with Crippen LogP contribution in [0.5, 0.6) is 0 Å². The van der Waals surface area contributed by atoms with Gasteiger partial charge in [-0.3, -0.25) is 0 Å². The van der Waals surface area contributed by atoms with Gasteiger partial charge in [0.2, 0.25) is 0 Å². The van der Waals surface area contributed by atoms with Crippen LogP contribution in [0.2, 0.25) is 0 Å². The van der Waals surface area contributed by atoms with Gasteiger partial charge in [-0.2, -0.15) is 0 Å². The predicted octanol–water partition coefficient (Wildman–Crippen LogP) is 3.71. The topological polar surface area (TPSA) is 46.5 Å². The molecule has 1 heterocycles. The second-order valence-corrected chi connectivity index (χ2v) is 5.84. The van der Waals surface area contributed by atoms with Crippen LogP contribution in [0.3, 0.4) is 0 Å². The highest BCUT2D eigenvalue weighted by Crippen LogP contribution is 2.22. The Bertz CT molecular complexity index is 369. The molecule has 0 aliphatic heterocycles. The molecule has 17 heavy (non-hydrogen) atoms. The average Bonchev–Trinajstić information content (AvgIpc) is 2.59. The molecule has 0 fully saturated rings. The highest BCUT2D eigenvalue weighted by atomic mass is 32.1. The number of carboxylic acids is 1. The molecule has 0 radical (unpaired) electrons. The maximum atomic E-state index is 10.8. The van der Waals surface area contributed by atoms with Crippen LogP contribution in [0, 0.1) is 12.8 Å². The van der Waals surface area contributed by atoms with Crippen molar-refractivity contribution < 1.29 is 14.6 Å². The maximum Gasteiger partial charge on any atom is 0.345 e. The van der Waals surface area contributed by atoms with E-state index in [4.69, 9.17) is 9.84 Å². The minimum atomic E-state index is -0.857. The van der Waals surface area contributed by atoms with Gasteiger partial charge in [-0.05, 0) is 37.3 Å². The summed E-state index contributed by atoms with van der Waals surface area (Å²) in [5, 5.41) is 8.86. The summed E-state index contributed by atoms with van der Waals surface area (Å²) in [4.78, 5) is 12.2. The van der Waals surface area contributed by atoms with E-state index in [1.807, 2.05) is 6.92 Å². The van der Waals surface area contributed by atoms with E-state index in [0.29, 0.717) is 17.4 Å². The normalized spacial score (nSPS) is 11.1. The van der Waals surface area contributed by atoms with Gasteiger partial charge in [-0.1, -0.05) is 13.8 Å². The summed E-state index contributed by atoms with van der Waals surface area (Å²) in [6.07, 6.45) is 2.23. The number of carboxylic acid groups (broad SMARTS) is 1. The third-order valence-corrected chi connectivity index (χ3v) is 3.64. The molecule has 1 aromatic rings. The van der Waals surface area contributed by atoms with Crippen molar-refractivity contribution in [3.05, 3.63) is 21.4 Å². The molecule has 1 rings (SSSR count). The number of ether oxygens (including phenoxy) is 1. The number of aryl methyl sites for hydroxylation is 1. The molecule has 0 saturated carbocycles. The number of carbonyl (C=O) groups is 1. The Morgan fingerprint density at radius 2 is 2.24 bits per heavy atom. The molecule has 0 aliphatic carbocycles. The number of rotatable bonds is 7. The summed E-state index contributed by atoms with van der Waals surface area (Å²) in [5.74, 6) is -0.149. The van der Waals surface area contributed by atoms with E-state index in [2.05, 4.69) is 13.8 Å². The van der Waals surface area contributed by atoms with Gasteiger partial charge in [0.1, 0.15) is 4.88 Å². The van der Waals surface area contributed by atoms with Crippen LogP contribution in [0.4, 0.5) is 0 Å². The lowest BCUT2D eigenvalue weighted by Crippen LogP contribution is -1.98. The van der Waals surface area contributed by atoms with E-state index in [1.165, 1.54) is 17.8 Å². The maximum absolute atomic E-state index is 10.8. The van der Waals surface area contributed by atoms with Crippen molar-refractivity contribution >= 4 is 17.3 Å². The predicted molar refractivity (Wildman–Crippen MR) is 69.7 cm³/mol. The monoisotopic (exact) mass is 256 g/mol. The molecule has 0 aromatic carbocycles. The zero-order valence-corrected chi connectivity index (χ0v) is 11.5. The first-order valence-corrected chi connectivity index (χ1v) is 6.72. The molecular weight excluding hydrogens is 236 g/mol. The van der Waals surface area contributed by atoms with Crippen LogP contribution in [-0.2, 0) is 11.3 Å². The average molecular weight is 256 g/mol. The standard InChI is InChI=1S/C13H20O3S/c1-9(2)5-4-6-16-8-11-7-12(13(14)15)17-10(11)3/h7,9H,4-6,8H2,1-3H3,(H,14,15). The lowest BCUT2D eigenvalue weighted by atomic mass is 10.1. The van der Waals surface area contributed by atoms with Crippen LogP contribution in [0.25, 0.3) is 0 Å². The quantitative estimate of drug-likeness (QED) is 0.756. The molecule has 0 spiro atoms. The highest BCUT2D eigenvalue weighted by molar-refractivity contribution is 7.14. The molecule has 0 unspecified atom stereocenters. The van der Waals surface area contributed by atoms with Crippen molar-refractivity contribution in [1.82, 2.24) is 0 Å². The fourth-order valence-electron chi connectivity index (χ4n) is 1.54. The van der Waals surface area contributed by atoms with Gasteiger partial charge < -0.3 is 9.84 Å². The first-order chi connectivity index (χ1) is 8.00. The summed E-state index contributed by atoms with van der Waals surface area (Å²) in [5.41, 5.74) is 0.997. The number of aromatic carboxylic acids is 1. The van der Waals surface area contributed by atoms with Gasteiger partial charge in [0.25, 0.3) is 0 Å². The number of thiophene rings is 1. The van der Waals surface area contributed by atoms with E-state index < -0.39 is 5.97 Å². The van der Waals surface area contributed by atoms with Crippen molar-refractivity contribution in [3.8, 4) is 0 Å². The van der Waals surface area contributed by atoms with Gasteiger partial charge in [0.15, 0.2) is 0 Å². The van der Waals surface area contributed by atoms with E-state index in [1.54, 1.807) is 6.07 Å². The molecule has 0 atom stereocenters. The smallest absolute Gasteiger partial charge is 0.345 e. The zero-order valence-electron chi connectivity index (χ0n) is 10.7. The largest absolute Gasteiger partial charge is 0.477 e. The third-order valence-electron chi connectivity index (χ3n) is 2.56. The molecular formula is C13H20O3S. The van der Waals surface area contributed by atoms with Crippen molar-refractivity contribution in [3.63, 3.8) is 0 Å². The molecule has 1 N–H and O–H groups in total. The van der Waals surface area contributed by atoms with Crippen LogP contribution >= 0.6 is 11.3 Å². The van der Waals surface area contributed by atoms with Gasteiger partial charge in [0, 0.05) is 11.5 Å². The Balaban J connectivity index is 2.34. The van der Waals surface area contributed by atoms with E-state index in [9.17, 15) is 4.79 Å². The van der Waals surface area contributed by atoms with Crippen molar-refractivity contribution in [2.45, 2.75) is 40.2 Å². The fourth-order valence-corrected chi connectivity index (χ4v) is 2.41. The minimum absolute atomic E-state index is 0.392. The van der Waals surface area contributed by atoms with Crippen molar-refractivity contribution in [1.29, 1.82) is 0 Å². The second-order valence-electron chi connectivity index (χ2n) is 4.59. The number of hydrogen-bond acceptors (Lipinski definition) is 3. The van der Waals surface area contributed by atoms with Gasteiger partial charge >= 0.3 is 5.97 Å². The van der Waals surface area contributed by atoms with Gasteiger partial charge in [-0.25, -0.2) is 4.79 Å². The summed E-state index contributed by atoms with van der Waals surface area (Å²) in [6.45, 7) is 7.60. The number of hydrogen-bond donors (Lipinski definition) is 1. The molecule has 1 aromatic heterocycles. The molecule has 0 bridgehead atoms. The van der Waals surface area contributed by atoms with E-state index in [0.717, 1.165) is 23.5 Å². The first kappa shape index (κ1) is 14.2. The minimum Gasteiger partial charge on any atom is -0.477 e. The molecule has 96 valence electrons. The zero-order chi connectivity index (χ0) is 12.8. The lowest BCUT2D eigenvalue weighted by Gasteiger charge is -2.05. The van der Waals surface area contributed by atoms with Crippen LogP contribution in [0.1, 0.15) is 46.8 Å². The Kier molecular flexibility index (Phi) is 5.65. The molecule has 4 heteroatoms. The Morgan fingerprint density at radius 1 is 1.53 bits per heavy atom. The summed E-state index contributed by atoms with van der Waals surface area (Å²) >= 11 is 1.31. The van der Waals surface area contributed by atoms with Crippen LogP contribution in [0.15, 0.2) is 6.07 Å². The Labute approximate surface area is 106 Å². The summed E-state index contributed by atoms with van der Waals surface area (Å²) in [6, 6.07) is 1.71. The van der Waals surface area contributed by atoms with Gasteiger partial charge in [-0.15, -0.1) is 11.3 Å². The third kappa shape index (κ3) is 4.88. The second kappa shape index (κ2) is 6.77. The summed E-state index contributed by atoms with van der Waals surface area (Å²) < 4.78 is 5.56. The fraction of sp³-hybridized carbons (Fsp3) is 0.615. The molecule has 0 saturated heterocycles. The van der Waals surface area contributed by atoms with Crippen molar-refractivity contribution in [2.75, 3.05) is 6.61 Å². The lowest BCUT2D eigenvalue weighted by molar-refractivity contribution is 0.0702. The first-order valence-electron chi connectivity index (χ1n) is 5.91. The van der Waals surface area contributed by atoms with Crippen LogP contribution in [-0.4, -0.2) is 17.7 Å². The van der Waals surface area contributed by atoms with E-state index >= 15 is 0 Å². The Hall–Kier alpha value is -0.870. The van der Waals surface area contributed by atoms with Gasteiger partial charge in [0.05, 0.1) is 6.61 Å². The molecule has 3 nitrogen and oxygen atoms in total. The SMILES string of the molecule is Cc1sc(C(=O)O)cc1COCCCC(C)C.